The molecule has 4 rings (SSSR count). The fourth-order valence-electron chi connectivity index (χ4n) is 3.26. The summed E-state index contributed by atoms with van der Waals surface area (Å²) in [5.41, 5.74) is 0.839. The van der Waals surface area contributed by atoms with Gasteiger partial charge in [0.1, 0.15) is 17.0 Å². The van der Waals surface area contributed by atoms with Gasteiger partial charge in [0.15, 0.2) is 0 Å². The maximum absolute atomic E-state index is 13.0. The highest BCUT2D eigenvalue weighted by molar-refractivity contribution is 7.20. The summed E-state index contributed by atoms with van der Waals surface area (Å²) in [6.07, 6.45) is -3.05. The molecule has 9 heteroatoms. The molecule has 0 aliphatic carbocycles. The van der Waals surface area contributed by atoms with Gasteiger partial charge < -0.3 is 10.2 Å². The number of carbonyl (C=O) groups excluding carboxylic acids is 1. The van der Waals surface area contributed by atoms with Gasteiger partial charge in [-0.1, -0.05) is 24.3 Å². The quantitative estimate of drug-likeness (QED) is 0.419. The van der Waals surface area contributed by atoms with E-state index >= 15 is 0 Å². The zero-order chi connectivity index (χ0) is 22.2. The van der Waals surface area contributed by atoms with Gasteiger partial charge in [0.05, 0.1) is 15.8 Å². The number of aryl methyl sites for hydroxylation is 1. The molecule has 2 aromatic carbocycles. The lowest BCUT2D eigenvalue weighted by Crippen LogP contribution is -2.13. The Hall–Kier alpha value is -3.46. The van der Waals surface area contributed by atoms with Gasteiger partial charge in [0.2, 0.25) is 0 Å². The molecular weight excluding hydrogens is 425 g/mol. The van der Waals surface area contributed by atoms with Crippen LogP contribution in [-0.2, 0) is 6.18 Å². The van der Waals surface area contributed by atoms with Gasteiger partial charge in [-0.2, -0.15) is 13.2 Å². The van der Waals surface area contributed by atoms with E-state index in [2.05, 4.69) is 15.3 Å². The van der Waals surface area contributed by atoms with Crippen LogP contribution in [0.25, 0.3) is 10.2 Å². The van der Waals surface area contributed by atoms with E-state index in [1.807, 2.05) is 42.3 Å². The molecule has 0 radical (unpaired) electrons. The highest BCUT2D eigenvalue weighted by Crippen LogP contribution is 2.37. The third-order valence-electron chi connectivity index (χ3n) is 4.82. The number of nitrogens with zero attached hydrogens (tertiary/aromatic N) is 3. The Morgan fingerprint density at radius 3 is 2.52 bits per heavy atom. The van der Waals surface area contributed by atoms with Crippen molar-refractivity contribution >= 4 is 44.7 Å². The van der Waals surface area contributed by atoms with Gasteiger partial charge in [-0.25, -0.2) is 9.97 Å². The monoisotopic (exact) mass is 442 g/mol. The van der Waals surface area contributed by atoms with Crippen molar-refractivity contribution in [2.75, 3.05) is 17.3 Å². The number of hydrogen-bond donors (Lipinski definition) is 1. The Kier molecular flexibility index (Phi) is 5.36. The maximum atomic E-state index is 13.0. The van der Waals surface area contributed by atoms with E-state index in [0.717, 1.165) is 23.2 Å². The maximum Gasteiger partial charge on any atom is 0.416 e. The van der Waals surface area contributed by atoms with Crippen LogP contribution in [0.3, 0.4) is 0 Å². The number of benzene rings is 2. The summed E-state index contributed by atoms with van der Waals surface area (Å²) in [5.74, 6) is 0.149. The predicted molar refractivity (Wildman–Crippen MR) is 116 cm³/mol. The number of para-hydroxylation sites is 1. The number of thiophene rings is 1. The molecule has 5 nitrogen and oxygen atoms in total. The van der Waals surface area contributed by atoms with E-state index in [9.17, 15) is 18.0 Å². The average Bonchev–Trinajstić information content (AvgIpc) is 3.10. The molecule has 0 saturated carbocycles. The van der Waals surface area contributed by atoms with Crippen molar-refractivity contribution in [3.63, 3.8) is 0 Å². The summed E-state index contributed by atoms with van der Waals surface area (Å²) in [5, 5.41) is 3.29. The van der Waals surface area contributed by atoms with Crippen molar-refractivity contribution < 1.29 is 18.0 Å². The lowest BCUT2D eigenvalue weighted by atomic mass is 10.1. The van der Waals surface area contributed by atoms with Crippen molar-refractivity contribution in [1.82, 2.24) is 9.97 Å². The smallest absolute Gasteiger partial charge is 0.329 e. The fourth-order valence-corrected chi connectivity index (χ4v) is 4.30. The predicted octanol–water partition coefficient (Wildman–Crippen LogP) is 6.04. The van der Waals surface area contributed by atoms with Gasteiger partial charge in [-0.05, 0) is 42.8 Å². The molecule has 4 aromatic rings. The first-order valence-corrected chi connectivity index (χ1v) is 10.1. The molecule has 0 unspecified atom stereocenters. The molecule has 0 aliphatic heterocycles. The number of hydrogen-bond acceptors (Lipinski definition) is 5. The number of aromatic nitrogens is 2. The molecule has 0 bridgehead atoms. The number of rotatable bonds is 4. The largest absolute Gasteiger partial charge is 0.416 e. The van der Waals surface area contributed by atoms with Gasteiger partial charge >= 0.3 is 6.18 Å². The van der Waals surface area contributed by atoms with Crippen molar-refractivity contribution in [3.8, 4) is 0 Å². The molecule has 0 atom stereocenters. The number of anilines is 3. The SMILES string of the molecule is Cc1c(C(=O)Nc2cccc(C(F)(F)F)c2)sc2ncnc(N(C)c3ccccc3)c12. The third-order valence-corrected chi connectivity index (χ3v) is 6.02. The standard InChI is InChI=1S/C22H17F3N4OS/c1-13-17-19(29(2)16-9-4-3-5-10-16)26-12-27-21(17)31-18(13)20(30)28-15-8-6-7-14(11-15)22(23,24)25/h3-12H,1-2H3,(H,28,30). The Morgan fingerprint density at radius 1 is 1.06 bits per heavy atom. The number of nitrogens with one attached hydrogen (secondary N) is 1. The summed E-state index contributed by atoms with van der Waals surface area (Å²) in [6.45, 7) is 1.78. The van der Waals surface area contributed by atoms with Gasteiger partial charge in [0, 0.05) is 18.4 Å². The summed E-state index contributed by atoms with van der Waals surface area (Å²) in [7, 11) is 1.87. The van der Waals surface area contributed by atoms with Crippen LogP contribution in [0, 0.1) is 6.92 Å². The number of halogens is 3. The number of amides is 1. The Morgan fingerprint density at radius 2 is 1.81 bits per heavy atom. The van der Waals surface area contributed by atoms with Crippen molar-refractivity contribution in [2.45, 2.75) is 13.1 Å². The van der Waals surface area contributed by atoms with Crippen molar-refractivity contribution in [2.24, 2.45) is 0 Å². The number of carbonyl (C=O) groups is 1. The first kappa shape index (κ1) is 20.8. The van der Waals surface area contributed by atoms with Crippen LogP contribution in [0.1, 0.15) is 20.8 Å². The zero-order valence-corrected chi connectivity index (χ0v) is 17.4. The molecule has 2 aromatic heterocycles. The normalized spacial score (nSPS) is 11.5. The second-order valence-corrected chi connectivity index (χ2v) is 7.86. The minimum absolute atomic E-state index is 0.0735. The average molecular weight is 442 g/mol. The van der Waals surface area contributed by atoms with Gasteiger partial charge in [0.25, 0.3) is 5.91 Å². The van der Waals surface area contributed by atoms with Crippen LogP contribution in [0.5, 0.6) is 0 Å². The van der Waals surface area contributed by atoms with Crippen LogP contribution in [0.15, 0.2) is 60.9 Å². The minimum Gasteiger partial charge on any atom is -0.329 e. The lowest BCUT2D eigenvalue weighted by molar-refractivity contribution is -0.137. The van der Waals surface area contributed by atoms with E-state index in [4.69, 9.17) is 0 Å². The molecule has 0 spiro atoms. The van der Waals surface area contributed by atoms with Crippen LogP contribution in [0.2, 0.25) is 0 Å². The van der Waals surface area contributed by atoms with Crippen LogP contribution in [-0.4, -0.2) is 22.9 Å². The number of fused-ring (bicyclic) bond motifs is 1. The second kappa shape index (κ2) is 7.99. The Balaban J connectivity index is 1.70. The highest BCUT2D eigenvalue weighted by atomic mass is 32.1. The van der Waals surface area contributed by atoms with Gasteiger partial charge in [-0.15, -0.1) is 11.3 Å². The second-order valence-electron chi connectivity index (χ2n) is 6.86. The van der Waals surface area contributed by atoms with E-state index in [0.29, 0.717) is 21.1 Å². The molecule has 0 aliphatic rings. The zero-order valence-electron chi connectivity index (χ0n) is 16.6. The first-order chi connectivity index (χ1) is 14.8. The van der Waals surface area contributed by atoms with E-state index < -0.39 is 17.6 Å². The third kappa shape index (κ3) is 4.09. The van der Waals surface area contributed by atoms with Crippen molar-refractivity contribution in [3.05, 3.63) is 76.9 Å². The fraction of sp³-hybridized carbons (Fsp3) is 0.136. The van der Waals surface area contributed by atoms with Crippen molar-refractivity contribution in [1.29, 1.82) is 0 Å². The summed E-state index contributed by atoms with van der Waals surface area (Å²) >= 11 is 1.18. The molecule has 1 N–H and O–H groups in total. The van der Waals surface area contributed by atoms with E-state index in [-0.39, 0.29) is 5.69 Å². The molecule has 2 heterocycles. The molecule has 0 fully saturated rings. The van der Waals surface area contributed by atoms with Gasteiger partial charge in [-0.3, -0.25) is 4.79 Å². The molecule has 31 heavy (non-hydrogen) atoms. The highest BCUT2D eigenvalue weighted by Gasteiger charge is 2.30. The summed E-state index contributed by atoms with van der Waals surface area (Å²) in [6, 6.07) is 14.2. The summed E-state index contributed by atoms with van der Waals surface area (Å²) in [4.78, 5) is 24.5. The summed E-state index contributed by atoms with van der Waals surface area (Å²) < 4.78 is 38.9. The van der Waals surface area contributed by atoms with E-state index in [1.165, 1.54) is 29.8 Å². The lowest BCUT2D eigenvalue weighted by Gasteiger charge is -2.19. The minimum atomic E-state index is -4.49. The number of alkyl halides is 3. The van der Waals surface area contributed by atoms with E-state index in [1.54, 1.807) is 6.92 Å². The first-order valence-electron chi connectivity index (χ1n) is 9.27. The van der Waals surface area contributed by atoms with Crippen LogP contribution >= 0.6 is 11.3 Å². The van der Waals surface area contributed by atoms with Crippen LogP contribution in [0.4, 0.5) is 30.4 Å². The van der Waals surface area contributed by atoms with Crippen LogP contribution < -0.4 is 10.2 Å². The topological polar surface area (TPSA) is 58.1 Å². The molecule has 158 valence electrons. The molecule has 0 saturated heterocycles. The molecule has 1 amide bonds. The molecular formula is C22H17F3N4OS. The Bertz CT molecular complexity index is 1250. The Labute approximate surface area is 180 Å².